The minimum absolute atomic E-state index is 0.0663. The maximum atomic E-state index is 13.0. The summed E-state index contributed by atoms with van der Waals surface area (Å²) >= 11 is 1.29. The third-order valence-electron chi connectivity index (χ3n) is 4.39. The maximum absolute atomic E-state index is 13.0. The van der Waals surface area contributed by atoms with E-state index >= 15 is 0 Å². The number of amides is 1. The smallest absolute Gasteiger partial charge is 0.326 e. The van der Waals surface area contributed by atoms with Gasteiger partial charge in [-0.3, -0.25) is 9.59 Å². The number of rotatable bonds is 8. The molecular weight excluding hydrogens is 420 g/mol. The quantitative estimate of drug-likeness (QED) is 0.495. The molecule has 3 rings (SSSR count). The van der Waals surface area contributed by atoms with E-state index in [1.54, 1.807) is 29.7 Å². The number of fused-ring (bicyclic) bond motifs is 1. The van der Waals surface area contributed by atoms with Gasteiger partial charge in [0.15, 0.2) is 4.80 Å². The van der Waals surface area contributed by atoms with Crippen molar-refractivity contribution in [1.29, 1.82) is 0 Å². The van der Waals surface area contributed by atoms with Gasteiger partial charge in [0.05, 0.1) is 43.2 Å². The minimum Gasteiger partial charge on any atom is -0.497 e. The molecule has 31 heavy (non-hydrogen) atoms. The van der Waals surface area contributed by atoms with E-state index in [0.717, 1.165) is 10.2 Å². The molecule has 0 aliphatic rings. The number of carbonyl (C=O) groups is 2. The van der Waals surface area contributed by atoms with Crippen LogP contribution in [0.1, 0.15) is 24.2 Å². The lowest BCUT2D eigenvalue weighted by Crippen LogP contribution is -2.23. The summed E-state index contributed by atoms with van der Waals surface area (Å²) in [6.07, 6.45) is 0. The first-order valence-corrected chi connectivity index (χ1v) is 10.5. The molecule has 0 aliphatic carbocycles. The highest BCUT2D eigenvalue weighted by molar-refractivity contribution is 7.16. The van der Waals surface area contributed by atoms with Crippen molar-refractivity contribution in [1.82, 2.24) is 4.57 Å². The molecule has 1 heterocycles. The van der Waals surface area contributed by atoms with Crippen molar-refractivity contribution in [3.8, 4) is 17.2 Å². The molecular formula is C22H24N2O6S. The monoisotopic (exact) mass is 444 g/mol. The molecule has 0 saturated heterocycles. The molecule has 0 saturated carbocycles. The number of thiazole rings is 1. The number of hydrogen-bond donors (Lipinski definition) is 0. The number of hydrogen-bond acceptors (Lipinski definition) is 7. The molecule has 0 aliphatic heterocycles. The Morgan fingerprint density at radius 2 is 1.77 bits per heavy atom. The molecule has 1 aromatic heterocycles. The van der Waals surface area contributed by atoms with E-state index in [4.69, 9.17) is 18.9 Å². The van der Waals surface area contributed by atoms with Crippen LogP contribution in [0.15, 0.2) is 41.4 Å². The van der Waals surface area contributed by atoms with Gasteiger partial charge in [-0.25, -0.2) is 0 Å². The molecule has 9 heteroatoms. The van der Waals surface area contributed by atoms with E-state index < -0.39 is 11.9 Å². The molecule has 0 N–H and O–H groups in total. The molecule has 3 aromatic rings. The van der Waals surface area contributed by atoms with Crippen LogP contribution in [0.2, 0.25) is 0 Å². The summed E-state index contributed by atoms with van der Waals surface area (Å²) in [5.74, 6) is 0.670. The highest BCUT2D eigenvalue weighted by Gasteiger charge is 2.16. The van der Waals surface area contributed by atoms with Crippen molar-refractivity contribution in [2.75, 3.05) is 27.4 Å². The topological polar surface area (TPSA) is 88.4 Å². The predicted molar refractivity (Wildman–Crippen MR) is 117 cm³/mol. The lowest BCUT2D eigenvalue weighted by atomic mass is 10.2. The normalized spacial score (nSPS) is 11.4. The van der Waals surface area contributed by atoms with Crippen LogP contribution in [0.4, 0.5) is 0 Å². The van der Waals surface area contributed by atoms with Crippen LogP contribution in [-0.2, 0) is 16.1 Å². The van der Waals surface area contributed by atoms with Gasteiger partial charge in [0.1, 0.15) is 23.8 Å². The fourth-order valence-electron chi connectivity index (χ4n) is 3.01. The van der Waals surface area contributed by atoms with Gasteiger partial charge in [0.25, 0.3) is 5.91 Å². The zero-order chi connectivity index (χ0) is 22.4. The second-order valence-corrected chi connectivity index (χ2v) is 7.33. The van der Waals surface area contributed by atoms with E-state index in [2.05, 4.69) is 4.99 Å². The largest absolute Gasteiger partial charge is 0.497 e. The highest BCUT2D eigenvalue weighted by atomic mass is 32.1. The molecule has 1 amide bonds. The first-order chi connectivity index (χ1) is 15.0. The standard InChI is InChI=1S/C22H24N2O6S/c1-5-29-15-7-9-17-19(12-15)31-22(24(17)13-20(25)30-6-2)23-21(26)16-11-14(27-3)8-10-18(16)28-4/h7-12H,5-6,13H2,1-4H3. The Labute approximate surface area is 183 Å². The van der Waals surface area contributed by atoms with Crippen LogP contribution in [0.3, 0.4) is 0 Å². The molecule has 2 aromatic carbocycles. The number of carbonyl (C=O) groups excluding carboxylic acids is 2. The molecule has 0 bridgehead atoms. The number of esters is 1. The van der Waals surface area contributed by atoms with E-state index in [0.29, 0.717) is 28.7 Å². The Hall–Kier alpha value is -3.33. The van der Waals surface area contributed by atoms with Crippen LogP contribution in [0.5, 0.6) is 17.2 Å². The minimum atomic E-state index is -0.509. The fourth-order valence-corrected chi connectivity index (χ4v) is 4.07. The maximum Gasteiger partial charge on any atom is 0.326 e. The zero-order valence-electron chi connectivity index (χ0n) is 17.8. The summed E-state index contributed by atoms with van der Waals surface area (Å²) in [4.78, 5) is 29.9. The molecule has 0 spiro atoms. The van der Waals surface area contributed by atoms with Gasteiger partial charge in [-0.1, -0.05) is 11.3 Å². The molecule has 0 atom stereocenters. The van der Waals surface area contributed by atoms with E-state index in [1.807, 2.05) is 25.1 Å². The van der Waals surface area contributed by atoms with Crippen molar-refractivity contribution in [3.05, 3.63) is 46.8 Å². The first-order valence-electron chi connectivity index (χ1n) is 9.73. The van der Waals surface area contributed by atoms with Crippen LogP contribution >= 0.6 is 11.3 Å². The molecule has 0 fully saturated rings. The average molecular weight is 445 g/mol. The number of nitrogens with zero attached hydrogens (tertiary/aromatic N) is 2. The van der Waals surface area contributed by atoms with Crippen molar-refractivity contribution < 1.29 is 28.5 Å². The van der Waals surface area contributed by atoms with Crippen LogP contribution in [0.25, 0.3) is 10.2 Å². The molecule has 0 unspecified atom stereocenters. The fraction of sp³-hybridized carbons (Fsp3) is 0.318. The van der Waals surface area contributed by atoms with Gasteiger partial charge in [0.2, 0.25) is 0 Å². The van der Waals surface area contributed by atoms with Gasteiger partial charge in [-0.05, 0) is 50.2 Å². The summed E-state index contributed by atoms with van der Waals surface area (Å²) in [6.45, 7) is 4.38. The van der Waals surface area contributed by atoms with Crippen molar-refractivity contribution in [2.24, 2.45) is 4.99 Å². The SMILES string of the molecule is CCOC(=O)Cn1c(=NC(=O)c2cc(OC)ccc2OC)sc2cc(OCC)ccc21. The second-order valence-electron chi connectivity index (χ2n) is 6.32. The Morgan fingerprint density at radius 3 is 2.45 bits per heavy atom. The number of methoxy groups -OCH3 is 2. The Morgan fingerprint density at radius 1 is 1.00 bits per heavy atom. The van der Waals surface area contributed by atoms with Crippen LogP contribution in [0, 0.1) is 0 Å². The van der Waals surface area contributed by atoms with E-state index in [1.165, 1.54) is 25.6 Å². The molecule has 8 nitrogen and oxygen atoms in total. The lowest BCUT2D eigenvalue weighted by Gasteiger charge is -2.08. The van der Waals surface area contributed by atoms with Crippen LogP contribution in [-0.4, -0.2) is 43.9 Å². The third-order valence-corrected chi connectivity index (χ3v) is 5.43. The number of aromatic nitrogens is 1. The van der Waals surface area contributed by atoms with Gasteiger partial charge in [-0.15, -0.1) is 0 Å². The van der Waals surface area contributed by atoms with Crippen molar-refractivity contribution >= 4 is 33.4 Å². The number of benzene rings is 2. The lowest BCUT2D eigenvalue weighted by molar-refractivity contribution is -0.143. The first kappa shape index (κ1) is 22.4. The highest BCUT2D eigenvalue weighted by Crippen LogP contribution is 2.26. The summed E-state index contributed by atoms with van der Waals surface area (Å²) in [5, 5.41) is 0. The molecule has 164 valence electrons. The van der Waals surface area contributed by atoms with Crippen molar-refractivity contribution in [3.63, 3.8) is 0 Å². The van der Waals surface area contributed by atoms with Crippen LogP contribution < -0.4 is 19.0 Å². The van der Waals surface area contributed by atoms with Gasteiger partial charge < -0.3 is 23.5 Å². The van der Waals surface area contributed by atoms with Gasteiger partial charge in [-0.2, -0.15) is 4.99 Å². The summed E-state index contributed by atoms with van der Waals surface area (Å²) < 4.78 is 23.7. The van der Waals surface area contributed by atoms with E-state index in [9.17, 15) is 9.59 Å². The Bertz CT molecular complexity index is 1160. The molecule has 0 radical (unpaired) electrons. The van der Waals surface area contributed by atoms with Crippen molar-refractivity contribution in [2.45, 2.75) is 20.4 Å². The summed E-state index contributed by atoms with van der Waals surface area (Å²) in [6, 6.07) is 10.4. The predicted octanol–water partition coefficient (Wildman–Crippen LogP) is 3.42. The second kappa shape index (κ2) is 10.1. The summed E-state index contributed by atoms with van der Waals surface area (Å²) in [5.41, 5.74) is 1.02. The van der Waals surface area contributed by atoms with Gasteiger partial charge in [0, 0.05) is 0 Å². The van der Waals surface area contributed by atoms with Gasteiger partial charge >= 0.3 is 5.97 Å². The zero-order valence-corrected chi connectivity index (χ0v) is 18.7. The Balaban J connectivity index is 2.13. The third kappa shape index (κ3) is 5.05. The average Bonchev–Trinajstić information content (AvgIpc) is 3.09. The number of ether oxygens (including phenoxy) is 4. The Kier molecular flexibility index (Phi) is 7.30. The summed E-state index contributed by atoms with van der Waals surface area (Å²) in [7, 11) is 3.00. The van der Waals surface area contributed by atoms with E-state index in [-0.39, 0.29) is 18.7 Å².